The molecule has 0 aliphatic carbocycles. The fourth-order valence-electron chi connectivity index (χ4n) is 3.62. The molecule has 6 aromatic rings. The molecule has 0 amide bonds. The quantitative estimate of drug-likeness (QED) is 0.394. The Balaban J connectivity index is 1.53. The van der Waals surface area contributed by atoms with E-state index in [2.05, 4.69) is 72.6 Å². The van der Waals surface area contributed by atoms with E-state index in [4.69, 9.17) is 0 Å². The molecule has 0 saturated carbocycles. The van der Waals surface area contributed by atoms with Crippen LogP contribution in [-0.4, -0.2) is 35.3 Å². The van der Waals surface area contributed by atoms with Crippen molar-refractivity contribution in [2.75, 3.05) is 0 Å². The third-order valence-electron chi connectivity index (χ3n) is 5.04. The first-order valence-electron chi connectivity index (χ1n) is 9.14. The van der Waals surface area contributed by atoms with Gasteiger partial charge in [-0.3, -0.25) is 10.2 Å². The number of nitrogens with one attached hydrogen (secondary N) is 3. The summed E-state index contributed by atoms with van der Waals surface area (Å²) in [4.78, 5) is 15.0. The Kier molecular flexibility index (Phi) is 3.41. The smallest absolute Gasteiger partial charge is 0.155 e. The largest absolute Gasteiger partial charge is 0.338 e. The van der Waals surface area contributed by atoms with Crippen LogP contribution in [0.3, 0.4) is 0 Å². The van der Waals surface area contributed by atoms with Gasteiger partial charge in [0, 0.05) is 55.8 Å². The number of thiophene rings is 1. The normalized spacial score (nSPS) is 11.6. The third-order valence-corrected chi connectivity index (χ3v) is 6.07. The molecule has 0 radical (unpaired) electrons. The molecule has 0 aromatic carbocycles. The molecule has 8 heteroatoms. The second-order valence-corrected chi connectivity index (χ2v) is 8.18. The molecule has 6 rings (SSSR count). The molecule has 29 heavy (non-hydrogen) atoms. The third kappa shape index (κ3) is 2.57. The molecule has 0 fully saturated rings. The summed E-state index contributed by atoms with van der Waals surface area (Å²) in [6, 6.07) is 10.6. The van der Waals surface area contributed by atoms with Gasteiger partial charge in [0.25, 0.3) is 0 Å². The molecule has 0 atom stereocenters. The maximum Gasteiger partial charge on any atom is 0.155 e. The average Bonchev–Trinajstić information content (AvgIpc) is 3.51. The molecule has 0 saturated heterocycles. The SMILES string of the molecule is Cc1ccc(-c2ccnc3[nH]c(-c4n[nH]c5ncc(-c6cn[nH]c6)cc45)cc23)s1. The molecule has 0 bridgehead atoms. The van der Waals surface area contributed by atoms with Crippen molar-refractivity contribution in [2.45, 2.75) is 6.92 Å². The predicted octanol–water partition coefficient (Wildman–Crippen LogP) is 4.93. The minimum atomic E-state index is 0.743. The van der Waals surface area contributed by atoms with Crippen LogP contribution in [0.15, 0.2) is 55.1 Å². The summed E-state index contributed by atoms with van der Waals surface area (Å²) < 4.78 is 0. The van der Waals surface area contributed by atoms with Gasteiger partial charge in [-0.2, -0.15) is 10.2 Å². The summed E-state index contributed by atoms with van der Waals surface area (Å²) >= 11 is 1.78. The first-order chi connectivity index (χ1) is 14.3. The maximum absolute atomic E-state index is 4.53. The number of rotatable bonds is 3. The van der Waals surface area contributed by atoms with Gasteiger partial charge in [0.1, 0.15) is 11.3 Å². The van der Waals surface area contributed by atoms with Crippen LogP contribution in [0, 0.1) is 6.92 Å². The topological polar surface area (TPSA) is 98.9 Å². The van der Waals surface area contributed by atoms with Crippen molar-refractivity contribution in [1.29, 1.82) is 0 Å². The van der Waals surface area contributed by atoms with Gasteiger partial charge in [0.05, 0.1) is 11.9 Å². The minimum Gasteiger partial charge on any atom is -0.338 e. The Morgan fingerprint density at radius 2 is 1.90 bits per heavy atom. The van der Waals surface area contributed by atoms with E-state index in [1.54, 1.807) is 17.5 Å². The zero-order valence-electron chi connectivity index (χ0n) is 15.4. The highest BCUT2D eigenvalue weighted by atomic mass is 32.1. The van der Waals surface area contributed by atoms with Crippen LogP contribution in [0.5, 0.6) is 0 Å². The number of aryl methyl sites for hydroxylation is 1. The lowest BCUT2D eigenvalue weighted by molar-refractivity contribution is 1.09. The van der Waals surface area contributed by atoms with Gasteiger partial charge in [-0.1, -0.05) is 0 Å². The second-order valence-electron chi connectivity index (χ2n) is 6.89. The van der Waals surface area contributed by atoms with Gasteiger partial charge in [-0.25, -0.2) is 9.97 Å². The summed E-state index contributed by atoms with van der Waals surface area (Å²) in [7, 11) is 0. The van der Waals surface area contributed by atoms with Crippen molar-refractivity contribution in [2.24, 2.45) is 0 Å². The number of aromatic amines is 3. The van der Waals surface area contributed by atoms with Crippen molar-refractivity contribution in [1.82, 2.24) is 35.3 Å². The van der Waals surface area contributed by atoms with Gasteiger partial charge in [-0.05, 0) is 37.3 Å². The average molecular weight is 397 g/mol. The summed E-state index contributed by atoms with van der Waals surface area (Å²) in [5.41, 5.74) is 6.46. The number of fused-ring (bicyclic) bond motifs is 2. The van der Waals surface area contributed by atoms with Crippen LogP contribution in [0.2, 0.25) is 0 Å². The first-order valence-corrected chi connectivity index (χ1v) is 9.96. The summed E-state index contributed by atoms with van der Waals surface area (Å²) in [6.07, 6.45) is 7.29. The molecule has 3 N–H and O–H groups in total. The fourth-order valence-corrected chi connectivity index (χ4v) is 4.53. The Morgan fingerprint density at radius 1 is 0.931 bits per heavy atom. The number of H-pyrrole nitrogens is 3. The van der Waals surface area contributed by atoms with Crippen LogP contribution in [-0.2, 0) is 0 Å². The van der Waals surface area contributed by atoms with Gasteiger partial charge in [0.15, 0.2) is 5.65 Å². The molecule has 6 heterocycles. The molecule has 6 aromatic heterocycles. The number of hydrogen-bond acceptors (Lipinski definition) is 5. The zero-order valence-corrected chi connectivity index (χ0v) is 16.2. The van der Waals surface area contributed by atoms with E-state index in [9.17, 15) is 0 Å². The van der Waals surface area contributed by atoms with Gasteiger partial charge < -0.3 is 4.98 Å². The van der Waals surface area contributed by atoms with E-state index in [1.165, 1.54) is 15.3 Å². The number of hydrogen-bond donors (Lipinski definition) is 3. The molecule has 0 aliphatic rings. The highest BCUT2D eigenvalue weighted by Gasteiger charge is 2.16. The van der Waals surface area contributed by atoms with Crippen LogP contribution >= 0.6 is 11.3 Å². The zero-order chi connectivity index (χ0) is 19.4. The van der Waals surface area contributed by atoms with E-state index in [-0.39, 0.29) is 0 Å². The van der Waals surface area contributed by atoms with E-state index in [0.717, 1.165) is 44.6 Å². The Labute approximate surface area is 168 Å². The van der Waals surface area contributed by atoms with E-state index in [1.807, 2.05) is 18.6 Å². The van der Waals surface area contributed by atoms with Crippen molar-refractivity contribution >= 4 is 33.4 Å². The molecule has 140 valence electrons. The lowest BCUT2D eigenvalue weighted by Crippen LogP contribution is -1.82. The number of aromatic nitrogens is 7. The molecular weight excluding hydrogens is 382 g/mol. The van der Waals surface area contributed by atoms with Crippen molar-refractivity contribution in [3.05, 3.63) is 60.0 Å². The summed E-state index contributed by atoms with van der Waals surface area (Å²) in [5, 5.41) is 16.5. The highest BCUT2D eigenvalue weighted by molar-refractivity contribution is 7.15. The molecule has 0 aliphatic heterocycles. The molecular formula is C21H15N7S. The number of nitrogens with zero attached hydrogens (tertiary/aromatic N) is 4. The second kappa shape index (κ2) is 6.11. The van der Waals surface area contributed by atoms with E-state index in [0.29, 0.717) is 0 Å². The van der Waals surface area contributed by atoms with E-state index >= 15 is 0 Å². The Hall–Kier alpha value is -3.78. The molecule has 7 nitrogen and oxygen atoms in total. The monoisotopic (exact) mass is 397 g/mol. The van der Waals surface area contributed by atoms with Crippen molar-refractivity contribution < 1.29 is 0 Å². The lowest BCUT2D eigenvalue weighted by atomic mass is 10.1. The first kappa shape index (κ1) is 16.2. The van der Waals surface area contributed by atoms with Crippen LogP contribution < -0.4 is 0 Å². The standard InChI is InChI=1S/C21H15N7S/c1-11-2-3-18(29-11)14-4-5-22-20-15(14)7-17(26-20)19-16-6-12(13-9-24-25-10-13)8-23-21(16)28-27-19/h2-10H,1H3,(H,22,26)(H,24,25)(H,23,27,28). The van der Waals surface area contributed by atoms with Gasteiger partial charge >= 0.3 is 0 Å². The van der Waals surface area contributed by atoms with Gasteiger partial charge in [0.2, 0.25) is 0 Å². The maximum atomic E-state index is 4.53. The van der Waals surface area contributed by atoms with Gasteiger partial charge in [-0.15, -0.1) is 11.3 Å². The van der Waals surface area contributed by atoms with Crippen molar-refractivity contribution in [3.8, 4) is 33.0 Å². The Bertz CT molecular complexity index is 1470. The van der Waals surface area contributed by atoms with Crippen LogP contribution in [0.4, 0.5) is 0 Å². The summed E-state index contributed by atoms with van der Waals surface area (Å²) in [5.74, 6) is 0. The van der Waals surface area contributed by atoms with Crippen LogP contribution in [0.25, 0.3) is 55.0 Å². The number of pyridine rings is 2. The van der Waals surface area contributed by atoms with Crippen molar-refractivity contribution in [3.63, 3.8) is 0 Å². The fraction of sp³-hybridized carbons (Fsp3) is 0.0476. The van der Waals surface area contributed by atoms with E-state index < -0.39 is 0 Å². The Morgan fingerprint density at radius 3 is 2.72 bits per heavy atom. The predicted molar refractivity (Wildman–Crippen MR) is 115 cm³/mol. The lowest BCUT2D eigenvalue weighted by Gasteiger charge is -1.98. The summed E-state index contributed by atoms with van der Waals surface area (Å²) in [6.45, 7) is 2.12. The molecule has 0 spiro atoms. The molecule has 0 unspecified atom stereocenters. The van der Waals surface area contributed by atoms with Crippen LogP contribution in [0.1, 0.15) is 4.88 Å². The minimum absolute atomic E-state index is 0.743. The highest BCUT2D eigenvalue weighted by Crippen LogP contribution is 2.36.